The summed E-state index contributed by atoms with van der Waals surface area (Å²) in [6, 6.07) is 2.96. The zero-order valence-electron chi connectivity index (χ0n) is 8.37. The average Bonchev–Trinajstić information content (AvgIpc) is 2.07. The number of rotatable bonds is 2. The van der Waals surface area contributed by atoms with Crippen LogP contribution in [0.4, 0.5) is 5.69 Å². The van der Waals surface area contributed by atoms with Crippen LogP contribution in [0.25, 0.3) is 0 Å². The molecule has 1 aromatic rings. The minimum atomic E-state index is -3.21. The zero-order valence-corrected chi connectivity index (χ0v) is 9.18. The highest BCUT2D eigenvalue weighted by Crippen LogP contribution is 2.28. The molecule has 0 fully saturated rings. The number of hydrogen-bond donors (Lipinski definition) is 1. The molecule has 0 radical (unpaired) electrons. The van der Waals surface area contributed by atoms with Crippen LogP contribution in [0.15, 0.2) is 17.0 Å². The Kier molecular flexibility index (Phi) is 2.71. The Morgan fingerprint density at radius 1 is 1.36 bits per heavy atom. The standard InChI is InChI=1S/C9H13NO3S/c1-6-4-7(14(3,11)12)5-8(13-2)9(6)10/h4-5H,10H2,1-3H3. The summed E-state index contributed by atoms with van der Waals surface area (Å²) < 4.78 is 27.5. The summed E-state index contributed by atoms with van der Waals surface area (Å²) in [6.45, 7) is 1.74. The van der Waals surface area contributed by atoms with Crippen molar-refractivity contribution in [1.29, 1.82) is 0 Å². The second-order valence-corrected chi connectivity index (χ2v) is 5.14. The quantitative estimate of drug-likeness (QED) is 0.747. The first-order valence-electron chi connectivity index (χ1n) is 4.00. The number of methoxy groups -OCH3 is 1. The van der Waals surface area contributed by atoms with Crippen LogP contribution in [-0.4, -0.2) is 21.8 Å². The van der Waals surface area contributed by atoms with E-state index in [4.69, 9.17) is 10.5 Å². The van der Waals surface area contributed by atoms with Gasteiger partial charge in [-0.2, -0.15) is 0 Å². The van der Waals surface area contributed by atoms with Gasteiger partial charge in [0.25, 0.3) is 0 Å². The van der Waals surface area contributed by atoms with E-state index in [1.807, 2.05) is 0 Å². The highest BCUT2D eigenvalue weighted by Gasteiger charge is 2.12. The predicted molar refractivity (Wildman–Crippen MR) is 55.3 cm³/mol. The van der Waals surface area contributed by atoms with Crippen LogP contribution < -0.4 is 10.5 Å². The molecule has 0 unspecified atom stereocenters. The number of sulfone groups is 1. The highest BCUT2D eigenvalue weighted by molar-refractivity contribution is 7.90. The molecule has 1 rings (SSSR count). The number of nitrogens with two attached hydrogens (primary N) is 1. The van der Waals surface area contributed by atoms with Crippen molar-refractivity contribution >= 4 is 15.5 Å². The van der Waals surface area contributed by atoms with Gasteiger partial charge < -0.3 is 10.5 Å². The van der Waals surface area contributed by atoms with Crippen molar-refractivity contribution < 1.29 is 13.2 Å². The summed E-state index contributed by atoms with van der Waals surface area (Å²) in [7, 11) is -1.75. The predicted octanol–water partition coefficient (Wildman–Crippen LogP) is 0.989. The van der Waals surface area contributed by atoms with E-state index in [2.05, 4.69) is 0 Å². The number of aryl methyl sites for hydroxylation is 1. The Balaban J connectivity index is 3.46. The van der Waals surface area contributed by atoms with E-state index in [0.29, 0.717) is 17.0 Å². The van der Waals surface area contributed by atoms with Gasteiger partial charge in [0.15, 0.2) is 9.84 Å². The van der Waals surface area contributed by atoms with Crippen molar-refractivity contribution in [3.63, 3.8) is 0 Å². The normalized spacial score (nSPS) is 11.4. The lowest BCUT2D eigenvalue weighted by Crippen LogP contribution is -2.02. The minimum absolute atomic E-state index is 0.223. The van der Waals surface area contributed by atoms with Crippen LogP contribution >= 0.6 is 0 Å². The third kappa shape index (κ3) is 1.98. The lowest BCUT2D eigenvalue weighted by Gasteiger charge is -2.09. The molecule has 0 aliphatic heterocycles. The second kappa shape index (κ2) is 3.49. The third-order valence-electron chi connectivity index (χ3n) is 1.97. The van der Waals surface area contributed by atoms with Gasteiger partial charge in [-0.15, -0.1) is 0 Å². The molecule has 0 bridgehead atoms. The first kappa shape index (κ1) is 10.8. The number of hydrogen-bond acceptors (Lipinski definition) is 4. The number of ether oxygens (including phenoxy) is 1. The lowest BCUT2D eigenvalue weighted by atomic mass is 10.2. The maximum Gasteiger partial charge on any atom is 0.175 e. The average molecular weight is 215 g/mol. The summed E-state index contributed by atoms with van der Waals surface area (Å²) in [5.41, 5.74) is 6.86. The van der Waals surface area contributed by atoms with Crippen molar-refractivity contribution in [1.82, 2.24) is 0 Å². The van der Waals surface area contributed by atoms with Gasteiger partial charge in [-0.05, 0) is 18.6 Å². The molecule has 2 N–H and O–H groups in total. The van der Waals surface area contributed by atoms with Crippen LogP contribution in [-0.2, 0) is 9.84 Å². The highest BCUT2D eigenvalue weighted by atomic mass is 32.2. The molecule has 1 aromatic carbocycles. The lowest BCUT2D eigenvalue weighted by molar-refractivity contribution is 0.415. The molecule has 14 heavy (non-hydrogen) atoms. The maximum atomic E-state index is 11.3. The SMILES string of the molecule is COc1cc(S(C)(=O)=O)cc(C)c1N. The molecular weight excluding hydrogens is 202 g/mol. The Labute approximate surface area is 83.6 Å². The molecule has 0 aliphatic rings. The van der Waals surface area contributed by atoms with E-state index in [0.717, 1.165) is 6.26 Å². The number of benzene rings is 1. The van der Waals surface area contributed by atoms with Crippen LogP contribution in [0.3, 0.4) is 0 Å². The topological polar surface area (TPSA) is 69.4 Å². The monoisotopic (exact) mass is 215 g/mol. The molecular formula is C9H13NO3S. The number of anilines is 1. The number of nitrogen functional groups attached to an aromatic ring is 1. The maximum absolute atomic E-state index is 11.3. The van der Waals surface area contributed by atoms with Crippen molar-refractivity contribution in [2.24, 2.45) is 0 Å². The van der Waals surface area contributed by atoms with Crippen LogP contribution in [0.1, 0.15) is 5.56 Å². The van der Waals surface area contributed by atoms with E-state index in [1.54, 1.807) is 6.92 Å². The van der Waals surface area contributed by atoms with Crippen LogP contribution in [0.5, 0.6) is 5.75 Å². The summed E-state index contributed by atoms with van der Waals surface area (Å²) in [5.74, 6) is 0.394. The van der Waals surface area contributed by atoms with E-state index in [1.165, 1.54) is 19.2 Å². The Morgan fingerprint density at radius 2 is 1.93 bits per heavy atom. The molecule has 0 saturated carbocycles. The van der Waals surface area contributed by atoms with Gasteiger partial charge in [0, 0.05) is 12.3 Å². The smallest absolute Gasteiger partial charge is 0.175 e. The Bertz CT molecular complexity index is 451. The summed E-state index contributed by atoms with van der Waals surface area (Å²) >= 11 is 0. The molecule has 0 atom stereocenters. The first-order valence-corrected chi connectivity index (χ1v) is 5.89. The fraction of sp³-hybridized carbons (Fsp3) is 0.333. The molecule has 5 heteroatoms. The van der Waals surface area contributed by atoms with Gasteiger partial charge >= 0.3 is 0 Å². The molecule has 0 aliphatic carbocycles. The Hall–Kier alpha value is -1.23. The third-order valence-corrected chi connectivity index (χ3v) is 3.06. The van der Waals surface area contributed by atoms with Gasteiger partial charge in [-0.25, -0.2) is 8.42 Å². The van der Waals surface area contributed by atoms with Gasteiger partial charge in [-0.3, -0.25) is 0 Å². The molecule has 0 spiro atoms. The summed E-state index contributed by atoms with van der Waals surface area (Å²) in [6.07, 6.45) is 1.15. The van der Waals surface area contributed by atoms with Crippen LogP contribution in [0, 0.1) is 6.92 Å². The second-order valence-electron chi connectivity index (χ2n) is 3.13. The molecule has 4 nitrogen and oxygen atoms in total. The fourth-order valence-electron chi connectivity index (χ4n) is 1.12. The molecule has 78 valence electrons. The van der Waals surface area contributed by atoms with Crippen molar-refractivity contribution in [3.05, 3.63) is 17.7 Å². The minimum Gasteiger partial charge on any atom is -0.495 e. The largest absolute Gasteiger partial charge is 0.495 e. The summed E-state index contributed by atoms with van der Waals surface area (Å²) in [5, 5.41) is 0. The first-order chi connectivity index (χ1) is 6.36. The van der Waals surface area contributed by atoms with E-state index < -0.39 is 9.84 Å². The van der Waals surface area contributed by atoms with Crippen molar-refractivity contribution in [3.8, 4) is 5.75 Å². The van der Waals surface area contributed by atoms with E-state index >= 15 is 0 Å². The molecule has 0 saturated heterocycles. The van der Waals surface area contributed by atoms with Gasteiger partial charge in [0.2, 0.25) is 0 Å². The molecule has 0 aromatic heterocycles. The Morgan fingerprint density at radius 3 is 2.36 bits per heavy atom. The van der Waals surface area contributed by atoms with Crippen molar-refractivity contribution in [2.75, 3.05) is 19.1 Å². The van der Waals surface area contributed by atoms with Gasteiger partial charge in [0.1, 0.15) is 5.75 Å². The fourth-order valence-corrected chi connectivity index (χ4v) is 1.83. The van der Waals surface area contributed by atoms with Crippen molar-refractivity contribution in [2.45, 2.75) is 11.8 Å². The molecule has 0 heterocycles. The van der Waals surface area contributed by atoms with Gasteiger partial charge in [0.05, 0.1) is 17.7 Å². The summed E-state index contributed by atoms with van der Waals surface area (Å²) in [4.78, 5) is 0.223. The zero-order chi connectivity index (χ0) is 10.9. The van der Waals surface area contributed by atoms with Gasteiger partial charge in [-0.1, -0.05) is 0 Å². The van der Waals surface area contributed by atoms with E-state index in [-0.39, 0.29) is 4.90 Å². The molecule has 0 amide bonds. The van der Waals surface area contributed by atoms with E-state index in [9.17, 15) is 8.42 Å². The van der Waals surface area contributed by atoms with Crippen LogP contribution in [0.2, 0.25) is 0 Å².